The second-order valence-corrected chi connectivity index (χ2v) is 6.94. The molecule has 1 unspecified atom stereocenters. The lowest BCUT2D eigenvalue weighted by Gasteiger charge is -2.26. The molecule has 1 aromatic rings. The van der Waals surface area contributed by atoms with Gasteiger partial charge in [-0.15, -0.1) is 0 Å². The van der Waals surface area contributed by atoms with Crippen molar-refractivity contribution in [1.29, 1.82) is 0 Å². The Bertz CT molecular complexity index is 839. The zero-order valence-corrected chi connectivity index (χ0v) is 14.6. The predicted octanol–water partition coefficient (Wildman–Crippen LogP) is 4.16. The lowest BCUT2D eigenvalue weighted by Crippen LogP contribution is -2.30. The zero-order chi connectivity index (χ0) is 17.5. The zero-order valence-electron chi connectivity index (χ0n) is 13.1. The van der Waals surface area contributed by atoms with Gasteiger partial charge in [0, 0.05) is 28.5 Å². The molecule has 1 amide bonds. The summed E-state index contributed by atoms with van der Waals surface area (Å²) in [6, 6.07) is 5.39. The third-order valence-electron chi connectivity index (χ3n) is 4.25. The van der Waals surface area contributed by atoms with E-state index in [9.17, 15) is 4.79 Å². The van der Waals surface area contributed by atoms with Crippen LogP contribution in [0.2, 0.25) is 0 Å². The van der Waals surface area contributed by atoms with Crippen molar-refractivity contribution in [2.24, 2.45) is 10.9 Å². The first kappa shape index (κ1) is 16.8. The Hall–Kier alpha value is -2.04. The Balaban J connectivity index is 1.90. The molecule has 124 valence electrons. The third kappa shape index (κ3) is 2.99. The standard InChI is InChI=1S/C18H16Cl2N2O2/c1-10-5-12(3-4-15(10)17(21)23)16-9-18(24-22-16)8-14(20)7-13(19)6-11(18)2/h3-7H,2,8-9H2,1H3,(H2,21,23). The first-order valence-electron chi connectivity index (χ1n) is 7.39. The highest BCUT2D eigenvalue weighted by atomic mass is 35.5. The summed E-state index contributed by atoms with van der Waals surface area (Å²) in [6.45, 7) is 5.90. The maximum absolute atomic E-state index is 11.4. The fraction of sp³-hybridized carbons (Fsp3) is 0.222. The highest BCUT2D eigenvalue weighted by molar-refractivity contribution is 6.35. The average molecular weight is 363 g/mol. The van der Waals surface area contributed by atoms with Gasteiger partial charge in [0.1, 0.15) is 0 Å². The van der Waals surface area contributed by atoms with Gasteiger partial charge in [-0.05, 0) is 47.9 Å². The molecule has 0 bridgehead atoms. The van der Waals surface area contributed by atoms with Crippen molar-refractivity contribution in [2.45, 2.75) is 25.4 Å². The van der Waals surface area contributed by atoms with E-state index < -0.39 is 11.5 Å². The van der Waals surface area contributed by atoms with Gasteiger partial charge in [-0.1, -0.05) is 41.0 Å². The number of hydrogen-bond acceptors (Lipinski definition) is 3. The minimum Gasteiger partial charge on any atom is -0.383 e. The molecule has 0 aromatic heterocycles. The van der Waals surface area contributed by atoms with Crippen molar-refractivity contribution < 1.29 is 9.63 Å². The fourth-order valence-electron chi connectivity index (χ4n) is 2.95. The number of primary amides is 1. The molecule has 1 spiro atoms. The molecule has 1 heterocycles. The average Bonchev–Trinajstić information content (AvgIpc) is 2.87. The Kier molecular flexibility index (Phi) is 4.28. The van der Waals surface area contributed by atoms with Crippen LogP contribution in [0, 0.1) is 6.92 Å². The largest absolute Gasteiger partial charge is 0.383 e. The van der Waals surface area contributed by atoms with E-state index in [1.165, 1.54) is 0 Å². The SMILES string of the molecule is C=C1C=C(Cl)C=C(Cl)CC12CC(c1ccc(C(N)=O)c(C)c1)=NO2. The van der Waals surface area contributed by atoms with Crippen molar-refractivity contribution in [1.82, 2.24) is 0 Å². The summed E-state index contributed by atoms with van der Waals surface area (Å²) in [6.07, 6.45) is 4.41. The maximum atomic E-state index is 11.4. The monoisotopic (exact) mass is 362 g/mol. The number of amides is 1. The first-order valence-corrected chi connectivity index (χ1v) is 8.15. The molecular formula is C18H16Cl2N2O2. The first-order chi connectivity index (χ1) is 11.3. The maximum Gasteiger partial charge on any atom is 0.248 e. The van der Waals surface area contributed by atoms with Crippen molar-refractivity contribution >= 4 is 34.8 Å². The normalized spacial score (nSPS) is 23.3. The molecule has 0 saturated carbocycles. The number of carbonyl (C=O) groups excluding carboxylic acids is 1. The number of hydrogen-bond donors (Lipinski definition) is 1. The van der Waals surface area contributed by atoms with Gasteiger partial charge in [0.15, 0.2) is 5.60 Å². The van der Waals surface area contributed by atoms with Gasteiger partial charge in [0.2, 0.25) is 5.91 Å². The number of oxime groups is 1. The summed E-state index contributed by atoms with van der Waals surface area (Å²) in [5.74, 6) is -0.450. The second-order valence-electron chi connectivity index (χ2n) is 6.02. The Morgan fingerprint density at radius 2 is 2.08 bits per heavy atom. The predicted molar refractivity (Wildman–Crippen MR) is 96.3 cm³/mol. The minimum atomic E-state index is -0.726. The van der Waals surface area contributed by atoms with Gasteiger partial charge in [0.05, 0.1) is 5.71 Å². The molecule has 1 atom stereocenters. The molecule has 6 heteroatoms. The lowest BCUT2D eigenvalue weighted by molar-refractivity contribution is 0.0164. The second kappa shape index (κ2) is 6.11. The topological polar surface area (TPSA) is 64.7 Å². The Morgan fingerprint density at radius 1 is 1.33 bits per heavy atom. The number of nitrogens with two attached hydrogens (primary N) is 1. The van der Waals surface area contributed by atoms with Crippen LogP contribution in [0.3, 0.4) is 0 Å². The number of aryl methyl sites for hydroxylation is 1. The summed E-state index contributed by atoms with van der Waals surface area (Å²) >= 11 is 12.3. The van der Waals surface area contributed by atoms with Crippen LogP contribution in [-0.2, 0) is 4.84 Å². The lowest BCUT2D eigenvalue weighted by atomic mass is 9.85. The molecule has 2 aliphatic rings. The molecule has 24 heavy (non-hydrogen) atoms. The number of halogens is 2. The smallest absolute Gasteiger partial charge is 0.248 e. The summed E-state index contributed by atoms with van der Waals surface area (Å²) < 4.78 is 0. The van der Waals surface area contributed by atoms with E-state index in [1.807, 2.05) is 19.1 Å². The van der Waals surface area contributed by atoms with Crippen LogP contribution in [-0.4, -0.2) is 17.2 Å². The molecular weight excluding hydrogens is 347 g/mol. The van der Waals surface area contributed by atoms with Crippen molar-refractivity contribution in [3.63, 3.8) is 0 Å². The van der Waals surface area contributed by atoms with Crippen LogP contribution in [0.5, 0.6) is 0 Å². The molecule has 0 fully saturated rings. The molecule has 4 nitrogen and oxygen atoms in total. The highest BCUT2D eigenvalue weighted by Gasteiger charge is 2.43. The molecule has 2 N–H and O–H groups in total. The van der Waals surface area contributed by atoms with E-state index in [-0.39, 0.29) is 0 Å². The van der Waals surface area contributed by atoms with Gasteiger partial charge in [-0.3, -0.25) is 4.79 Å². The number of rotatable bonds is 2. The van der Waals surface area contributed by atoms with Crippen molar-refractivity contribution in [3.05, 3.63) is 69.3 Å². The van der Waals surface area contributed by atoms with Crippen LogP contribution in [0.4, 0.5) is 0 Å². The Labute approximate surface area is 150 Å². The van der Waals surface area contributed by atoms with Crippen LogP contribution in [0.1, 0.15) is 34.3 Å². The molecule has 1 aromatic carbocycles. The number of benzene rings is 1. The third-order valence-corrected chi connectivity index (χ3v) is 4.72. The summed E-state index contributed by atoms with van der Waals surface area (Å²) in [4.78, 5) is 17.1. The van der Waals surface area contributed by atoms with Crippen LogP contribution in [0.15, 0.2) is 57.7 Å². The van der Waals surface area contributed by atoms with Gasteiger partial charge in [-0.25, -0.2) is 0 Å². The number of allylic oxidation sites excluding steroid dienone is 2. The summed E-state index contributed by atoms with van der Waals surface area (Å²) in [5.41, 5.74) is 8.28. The van der Waals surface area contributed by atoms with Gasteiger partial charge < -0.3 is 10.6 Å². The molecule has 1 aliphatic carbocycles. The van der Waals surface area contributed by atoms with Gasteiger partial charge in [0.25, 0.3) is 0 Å². The van der Waals surface area contributed by atoms with Crippen molar-refractivity contribution in [3.8, 4) is 0 Å². The van der Waals surface area contributed by atoms with Crippen LogP contribution >= 0.6 is 23.2 Å². The van der Waals surface area contributed by atoms with E-state index in [0.717, 1.165) is 22.4 Å². The van der Waals surface area contributed by atoms with Crippen LogP contribution in [0.25, 0.3) is 0 Å². The van der Waals surface area contributed by atoms with Crippen molar-refractivity contribution in [2.75, 3.05) is 0 Å². The Morgan fingerprint density at radius 3 is 2.75 bits per heavy atom. The highest BCUT2D eigenvalue weighted by Crippen LogP contribution is 2.42. The van der Waals surface area contributed by atoms with E-state index in [4.69, 9.17) is 33.8 Å². The van der Waals surface area contributed by atoms with E-state index in [2.05, 4.69) is 11.7 Å². The summed E-state index contributed by atoms with van der Waals surface area (Å²) in [5, 5.41) is 5.34. The minimum absolute atomic E-state index is 0.450. The van der Waals surface area contributed by atoms with E-state index >= 15 is 0 Å². The van der Waals surface area contributed by atoms with E-state index in [0.29, 0.717) is 28.5 Å². The quantitative estimate of drug-likeness (QED) is 0.857. The summed E-state index contributed by atoms with van der Waals surface area (Å²) in [7, 11) is 0. The number of carbonyl (C=O) groups is 1. The van der Waals surface area contributed by atoms with Gasteiger partial charge >= 0.3 is 0 Å². The fourth-order valence-corrected chi connectivity index (χ4v) is 3.60. The molecule has 3 rings (SSSR count). The van der Waals surface area contributed by atoms with Gasteiger partial charge in [-0.2, -0.15) is 0 Å². The van der Waals surface area contributed by atoms with E-state index in [1.54, 1.807) is 18.2 Å². The molecule has 0 saturated heterocycles. The van der Waals surface area contributed by atoms with Crippen LogP contribution < -0.4 is 5.73 Å². The number of nitrogens with zero attached hydrogens (tertiary/aromatic N) is 1. The molecule has 0 radical (unpaired) electrons. The molecule has 1 aliphatic heterocycles.